The molecule has 0 radical (unpaired) electrons. The molecular weight excluding hydrogens is 237 g/mol. The van der Waals surface area contributed by atoms with Gasteiger partial charge in [0.2, 0.25) is 5.91 Å². The average Bonchev–Trinajstić information content (AvgIpc) is 2.18. The van der Waals surface area contributed by atoms with Crippen LogP contribution in [0.3, 0.4) is 0 Å². The Kier molecular flexibility index (Phi) is 8.42. The van der Waals surface area contributed by atoms with Crippen molar-refractivity contribution in [3.05, 3.63) is 0 Å². The van der Waals surface area contributed by atoms with Gasteiger partial charge < -0.3 is 24.6 Å². The van der Waals surface area contributed by atoms with Crippen LogP contribution in [-0.2, 0) is 18.8 Å². The first kappa shape index (κ1) is 15.5. The number of nitrogens with one attached hydrogen (secondary N) is 1. The number of carbonyl (C=O) groups excluding carboxylic acids is 1. The lowest BCUT2D eigenvalue weighted by molar-refractivity contribution is -0.126. The van der Waals surface area contributed by atoms with E-state index >= 15 is 0 Å². The van der Waals surface area contributed by atoms with E-state index in [9.17, 15) is 9.36 Å². The van der Waals surface area contributed by atoms with Crippen LogP contribution in [-0.4, -0.2) is 55.3 Å². The largest absolute Gasteiger partial charge is 0.382 e. The van der Waals surface area contributed by atoms with Gasteiger partial charge in [0.05, 0.1) is 19.4 Å². The van der Waals surface area contributed by atoms with Gasteiger partial charge in [0.15, 0.2) is 0 Å². The molecule has 0 bridgehead atoms. The molecule has 0 unspecified atom stereocenters. The summed E-state index contributed by atoms with van der Waals surface area (Å²) in [5.74, 6) is -0.304. The van der Waals surface area contributed by atoms with Crippen LogP contribution < -0.4 is 5.32 Å². The van der Waals surface area contributed by atoms with Crippen LogP contribution >= 0.6 is 7.60 Å². The summed E-state index contributed by atoms with van der Waals surface area (Å²) in [7, 11) is -2.42. The monoisotopic (exact) mass is 255 g/mol. The van der Waals surface area contributed by atoms with E-state index in [4.69, 9.17) is 19.3 Å². The number of amides is 1. The third-order valence-electron chi connectivity index (χ3n) is 1.61. The van der Waals surface area contributed by atoms with Gasteiger partial charge in [-0.05, 0) is 6.42 Å². The highest BCUT2D eigenvalue weighted by molar-refractivity contribution is 7.51. The Morgan fingerprint density at radius 1 is 1.38 bits per heavy atom. The molecule has 0 aromatic heterocycles. The Bertz CT molecular complexity index is 241. The summed E-state index contributed by atoms with van der Waals surface area (Å²) < 4.78 is 20.1. The van der Waals surface area contributed by atoms with Gasteiger partial charge in [-0.2, -0.15) is 0 Å². The minimum absolute atomic E-state index is 0.0702. The highest BCUT2D eigenvalue weighted by atomic mass is 31.2. The molecule has 0 aromatic rings. The first-order chi connectivity index (χ1) is 7.45. The quantitative estimate of drug-likeness (QED) is 0.373. The Morgan fingerprint density at radius 3 is 2.62 bits per heavy atom. The van der Waals surface area contributed by atoms with Gasteiger partial charge >= 0.3 is 7.60 Å². The van der Waals surface area contributed by atoms with Gasteiger partial charge in [-0.15, -0.1) is 0 Å². The predicted octanol–water partition coefficient (Wildman–Crippen LogP) is -0.667. The number of hydrogen-bond donors (Lipinski definition) is 3. The number of ether oxygens (including phenoxy) is 2. The van der Waals surface area contributed by atoms with Crippen molar-refractivity contribution in [1.82, 2.24) is 5.32 Å². The Hall–Kier alpha value is -0.460. The van der Waals surface area contributed by atoms with Crippen molar-refractivity contribution in [2.45, 2.75) is 6.42 Å². The van der Waals surface area contributed by atoms with E-state index in [2.05, 4.69) is 5.32 Å². The molecule has 0 rings (SSSR count). The number of methoxy groups -OCH3 is 1. The zero-order valence-corrected chi connectivity index (χ0v) is 10.1. The summed E-state index contributed by atoms with van der Waals surface area (Å²) in [4.78, 5) is 28.1. The third kappa shape index (κ3) is 11.6. The number of hydrogen-bond acceptors (Lipinski definition) is 4. The van der Waals surface area contributed by atoms with Crippen molar-refractivity contribution in [1.29, 1.82) is 0 Å². The van der Waals surface area contributed by atoms with Crippen molar-refractivity contribution in [3.8, 4) is 0 Å². The molecule has 8 heteroatoms. The molecule has 16 heavy (non-hydrogen) atoms. The van der Waals surface area contributed by atoms with E-state index in [1.165, 1.54) is 7.11 Å². The molecule has 0 aliphatic heterocycles. The lowest BCUT2D eigenvalue weighted by atomic mass is 10.4. The summed E-state index contributed by atoms with van der Waals surface area (Å²) >= 11 is 0. The lowest BCUT2D eigenvalue weighted by Crippen LogP contribution is -2.29. The molecule has 0 saturated carbocycles. The van der Waals surface area contributed by atoms with E-state index in [-0.39, 0.29) is 31.6 Å². The van der Waals surface area contributed by atoms with E-state index in [1.807, 2.05) is 0 Å². The first-order valence-electron chi connectivity index (χ1n) is 4.83. The Labute approximate surface area is 94.3 Å². The minimum atomic E-state index is -3.95. The summed E-state index contributed by atoms with van der Waals surface area (Å²) in [6, 6.07) is 0. The third-order valence-corrected chi connectivity index (χ3v) is 2.51. The molecule has 96 valence electrons. The molecular formula is C8H18NO6P. The lowest BCUT2D eigenvalue weighted by Gasteiger charge is -2.06. The molecule has 0 aromatic carbocycles. The van der Waals surface area contributed by atoms with Crippen LogP contribution in [0.15, 0.2) is 0 Å². The van der Waals surface area contributed by atoms with E-state index < -0.39 is 7.60 Å². The van der Waals surface area contributed by atoms with E-state index in [0.29, 0.717) is 13.2 Å². The van der Waals surface area contributed by atoms with Gasteiger partial charge in [-0.3, -0.25) is 9.36 Å². The van der Waals surface area contributed by atoms with Crippen molar-refractivity contribution in [2.24, 2.45) is 0 Å². The SMILES string of the molecule is COCCOCC(=O)NCCCP(=O)(O)O. The fourth-order valence-electron chi connectivity index (χ4n) is 0.871. The molecule has 3 N–H and O–H groups in total. The van der Waals surface area contributed by atoms with Crippen LogP contribution in [0.2, 0.25) is 0 Å². The maximum atomic E-state index is 11.1. The zero-order chi connectivity index (χ0) is 12.4. The minimum Gasteiger partial charge on any atom is -0.382 e. The zero-order valence-electron chi connectivity index (χ0n) is 9.22. The molecule has 1 amide bonds. The van der Waals surface area contributed by atoms with Crippen LogP contribution in [0.25, 0.3) is 0 Å². The molecule has 0 aliphatic rings. The fourth-order valence-corrected chi connectivity index (χ4v) is 1.44. The van der Waals surface area contributed by atoms with Crippen molar-refractivity contribution < 1.29 is 28.6 Å². The van der Waals surface area contributed by atoms with Gasteiger partial charge in [-0.25, -0.2) is 0 Å². The second kappa shape index (κ2) is 8.66. The maximum Gasteiger partial charge on any atom is 0.325 e. The smallest absolute Gasteiger partial charge is 0.325 e. The molecule has 0 heterocycles. The Morgan fingerprint density at radius 2 is 2.06 bits per heavy atom. The molecule has 0 fully saturated rings. The standard InChI is InChI=1S/C8H18NO6P/c1-14-4-5-15-7-8(10)9-3-2-6-16(11,12)13/h2-7H2,1H3,(H,9,10)(H2,11,12,13). The first-order valence-corrected chi connectivity index (χ1v) is 6.63. The molecule has 0 spiro atoms. The second-order valence-corrected chi connectivity index (χ2v) is 4.91. The number of carbonyl (C=O) groups is 1. The Balaban J connectivity index is 3.34. The van der Waals surface area contributed by atoms with Crippen molar-refractivity contribution >= 4 is 13.5 Å². The highest BCUT2D eigenvalue weighted by Gasteiger charge is 2.11. The molecule has 0 saturated heterocycles. The number of rotatable bonds is 9. The van der Waals surface area contributed by atoms with Gasteiger partial charge in [-0.1, -0.05) is 0 Å². The topological polar surface area (TPSA) is 105 Å². The molecule has 7 nitrogen and oxygen atoms in total. The van der Waals surface area contributed by atoms with Gasteiger partial charge in [0, 0.05) is 13.7 Å². The summed E-state index contributed by atoms with van der Waals surface area (Å²) in [5, 5.41) is 2.48. The average molecular weight is 255 g/mol. The predicted molar refractivity (Wildman–Crippen MR) is 57.2 cm³/mol. The van der Waals surface area contributed by atoms with Crippen LogP contribution in [0, 0.1) is 0 Å². The fraction of sp³-hybridized carbons (Fsp3) is 0.875. The summed E-state index contributed by atoms with van der Waals surface area (Å²) in [5.41, 5.74) is 0. The van der Waals surface area contributed by atoms with Crippen molar-refractivity contribution in [3.63, 3.8) is 0 Å². The van der Waals surface area contributed by atoms with Gasteiger partial charge in [0.25, 0.3) is 0 Å². The summed E-state index contributed by atoms with van der Waals surface area (Å²) in [6.45, 7) is 0.925. The van der Waals surface area contributed by atoms with E-state index in [0.717, 1.165) is 0 Å². The van der Waals surface area contributed by atoms with Crippen LogP contribution in [0.5, 0.6) is 0 Å². The van der Waals surface area contributed by atoms with Crippen LogP contribution in [0.1, 0.15) is 6.42 Å². The van der Waals surface area contributed by atoms with Crippen molar-refractivity contribution in [2.75, 3.05) is 39.6 Å². The summed E-state index contributed by atoms with van der Waals surface area (Å²) in [6.07, 6.45) is 0.0197. The van der Waals surface area contributed by atoms with E-state index in [1.54, 1.807) is 0 Å². The molecule has 0 atom stereocenters. The molecule has 0 aliphatic carbocycles. The maximum absolute atomic E-state index is 11.1. The van der Waals surface area contributed by atoms with Crippen LogP contribution in [0.4, 0.5) is 0 Å². The highest BCUT2D eigenvalue weighted by Crippen LogP contribution is 2.34. The normalized spacial score (nSPS) is 11.4. The second-order valence-electron chi connectivity index (χ2n) is 3.14. The van der Waals surface area contributed by atoms with Gasteiger partial charge in [0.1, 0.15) is 6.61 Å².